The summed E-state index contributed by atoms with van der Waals surface area (Å²) in [6, 6.07) is 4.77. The van der Waals surface area contributed by atoms with Crippen LogP contribution in [0.5, 0.6) is 0 Å². The minimum absolute atomic E-state index is 0.250. The highest BCUT2D eigenvalue weighted by atomic mass is 32.1. The monoisotopic (exact) mass is 264 g/mol. The van der Waals surface area contributed by atoms with Crippen LogP contribution in [0.2, 0.25) is 0 Å². The quantitative estimate of drug-likeness (QED) is 0.599. The van der Waals surface area contributed by atoms with Gasteiger partial charge in [0.05, 0.1) is 5.56 Å². The Hall–Kier alpha value is -1.81. The van der Waals surface area contributed by atoms with Crippen molar-refractivity contribution in [3.63, 3.8) is 0 Å². The van der Waals surface area contributed by atoms with E-state index in [4.69, 9.17) is 0 Å². The molecule has 0 unspecified atom stereocenters. The Kier molecular flexibility index (Phi) is 3.67. The van der Waals surface area contributed by atoms with Crippen LogP contribution in [0.4, 0.5) is 8.78 Å². The number of allylic oxidation sites excluding steroid dienone is 1. The highest BCUT2D eigenvalue weighted by Gasteiger charge is 2.10. The minimum Gasteiger partial charge on any atom is -0.289 e. The molecule has 1 aromatic carbocycles. The third kappa shape index (κ3) is 2.71. The van der Waals surface area contributed by atoms with Crippen molar-refractivity contribution < 1.29 is 13.6 Å². The van der Waals surface area contributed by atoms with Crippen LogP contribution in [0.25, 0.3) is 6.08 Å². The number of hydrogen-bond acceptors (Lipinski definition) is 2. The molecule has 0 radical (unpaired) electrons. The molecule has 0 saturated heterocycles. The lowest BCUT2D eigenvalue weighted by Gasteiger charge is -1.98. The first kappa shape index (κ1) is 12.6. The molecule has 0 aliphatic rings. The summed E-state index contributed by atoms with van der Waals surface area (Å²) in [5, 5.41) is 1.91. The van der Waals surface area contributed by atoms with Crippen LogP contribution in [0.1, 0.15) is 20.8 Å². The summed E-state index contributed by atoms with van der Waals surface area (Å²) in [5.41, 5.74) is 0.796. The third-order valence-corrected chi connectivity index (χ3v) is 3.47. The lowest BCUT2D eigenvalue weighted by Crippen LogP contribution is -1.99. The number of aryl methyl sites for hydroxylation is 1. The zero-order valence-corrected chi connectivity index (χ0v) is 10.4. The van der Waals surface area contributed by atoms with E-state index < -0.39 is 17.4 Å². The Balaban J connectivity index is 2.25. The van der Waals surface area contributed by atoms with Gasteiger partial charge in [-0.1, -0.05) is 0 Å². The molecular weight excluding hydrogens is 254 g/mol. The number of rotatable bonds is 3. The van der Waals surface area contributed by atoms with Crippen LogP contribution in [0.3, 0.4) is 0 Å². The van der Waals surface area contributed by atoms with E-state index in [9.17, 15) is 13.6 Å². The second-order valence-corrected chi connectivity index (χ2v) is 4.74. The standard InChI is InChI=1S/C14H10F2OS/c1-9-6-7-18-14(9)5-4-13(17)11-8-10(15)2-3-12(11)16/h2-8H,1H3/b5-4+. The fourth-order valence-corrected chi connectivity index (χ4v) is 2.30. The molecule has 0 aliphatic carbocycles. The molecule has 4 heteroatoms. The molecule has 0 spiro atoms. The summed E-state index contributed by atoms with van der Waals surface area (Å²) in [6.45, 7) is 1.92. The van der Waals surface area contributed by atoms with Gasteiger partial charge < -0.3 is 0 Å². The lowest BCUT2D eigenvalue weighted by atomic mass is 10.1. The molecule has 0 atom stereocenters. The van der Waals surface area contributed by atoms with Crippen molar-refractivity contribution in [2.24, 2.45) is 0 Å². The first-order chi connectivity index (χ1) is 8.58. The molecule has 0 saturated carbocycles. The molecule has 92 valence electrons. The van der Waals surface area contributed by atoms with E-state index in [-0.39, 0.29) is 5.56 Å². The maximum absolute atomic E-state index is 13.3. The van der Waals surface area contributed by atoms with Gasteiger partial charge in [0.15, 0.2) is 5.78 Å². The van der Waals surface area contributed by atoms with E-state index in [0.717, 1.165) is 28.6 Å². The summed E-state index contributed by atoms with van der Waals surface area (Å²) in [7, 11) is 0. The summed E-state index contributed by atoms with van der Waals surface area (Å²) in [6.07, 6.45) is 2.88. The van der Waals surface area contributed by atoms with Crippen LogP contribution in [0.15, 0.2) is 35.7 Å². The van der Waals surface area contributed by atoms with Gasteiger partial charge in [0, 0.05) is 4.88 Å². The largest absolute Gasteiger partial charge is 0.289 e. The topological polar surface area (TPSA) is 17.1 Å². The zero-order chi connectivity index (χ0) is 13.1. The van der Waals surface area contributed by atoms with Crippen LogP contribution >= 0.6 is 11.3 Å². The molecule has 0 N–H and O–H groups in total. The predicted molar refractivity (Wildman–Crippen MR) is 68.8 cm³/mol. The normalized spacial score (nSPS) is 11.1. The Labute approximate surface area is 107 Å². The van der Waals surface area contributed by atoms with Gasteiger partial charge in [0.25, 0.3) is 0 Å². The molecular formula is C14H10F2OS. The number of thiophene rings is 1. The van der Waals surface area contributed by atoms with Crippen molar-refractivity contribution >= 4 is 23.2 Å². The molecule has 1 nitrogen and oxygen atoms in total. The van der Waals surface area contributed by atoms with Gasteiger partial charge in [-0.25, -0.2) is 8.78 Å². The van der Waals surface area contributed by atoms with Crippen molar-refractivity contribution in [1.82, 2.24) is 0 Å². The third-order valence-electron chi connectivity index (χ3n) is 2.48. The van der Waals surface area contributed by atoms with Gasteiger partial charge >= 0.3 is 0 Å². The Morgan fingerprint density at radius 1 is 1.28 bits per heavy atom. The van der Waals surface area contributed by atoms with E-state index in [0.29, 0.717) is 0 Å². The molecule has 0 bridgehead atoms. The van der Waals surface area contributed by atoms with Crippen molar-refractivity contribution in [3.8, 4) is 0 Å². The smallest absolute Gasteiger partial charge is 0.188 e. The van der Waals surface area contributed by atoms with E-state index in [1.54, 1.807) is 6.08 Å². The van der Waals surface area contributed by atoms with Crippen LogP contribution in [-0.4, -0.2) is 5.78 Å². The predicted octanol–water partition coefficient (Wildman–Crippen LogP) is 4.23. The van der Waals surface area contributed by atoms with E-state index in [2.05, 4.69) is 0 Å². The number of hydrogen-bond donors (Lipinski definition) is 0. The average molecular weight is 264 g/mol. The van der Waals surface area contributed by atoms with Crippen molar-refractivity contribution in [1.29, 1.82) is 0 Å². The summed E-state index contributed by atoms with van der Waals surface area (Å²) in [4.78, 5) is 12.7. The first-order valence-electron chi connectivity index (χ1n) is 5.29. The maximum Gasteiger partial charge on any atom is 0.188 e. The second-order valence-electron chi connectivity index (χ2n) is 3.79. The molecule has 2 aromatic rings. The summed E-state index contributed by atoms with van der Waals surface area (Å²) < 4.78 is 26.3. The molecule has 0 fully saturated rings. The molecule has 0 aliphatic heterocycles. The van der Waals surface area contributed by atoms with Gasteiger partial charge in [-0.3, -0.25) is 4.79 Å². The van der Waals surface area contributed by atoms with E-state index in [1.807, 2.05) is 18.4 Å². The molecule has 1 heterocycles. The highest BCUT2D eigenvalue weighted by Crippen LogP contribution is 2.18. The van der Waals surface area contributed by atoms with Crippen LogP contribution < -0.4 is 0 Å². The highest BCUT2D eigenvalue weighted by molar-refractivity contribution is 7.11. The van der Waals surface area contributed by atoms with Gasteiger partial charge in [0.1, 0.15) is 11.6 Å². The van der Waals surface area contributed by atoms with Crippen molar-refractivity contribution in [2.45, 2.75) is 6.92 Å². The Morgan fingerprint density at radius 2 is 2.06 bits per heavy atom. The fraction of sp³-hybridized carbons (Fsp3) is 0.0714. The molecule has 18 heavy (non-hydrogen) atoms. The van der Waals surface area contributed by atoms with E-state index in [1.165, 1.54) is 17.4 Å². The van der Waals surface area contributed by atoms with Gasteiger partial charge in [0.2, 0.25) is 0 Å². The summed E-state index contributed by atoms with van der Waals surface area (Å²) >= 11 is 1.49. The molecule has 0 amide bonds. The number of benzene rings is 1. The number of halogens is 2. The van der Waals surface area contributed by atoms with Gasteiger partial charge in [-0.15, -0.1) is 11.3 Å². The van der Waals surface area contributed by atoms with Crippen LogP contribution in [-0.2, 0) is 0 Å². The number of carbonyl (C=O) groups is 1. The minimum atomic E-state index is -0.714. The van der Waals surface area contributed by atoms with Crippen molar-refractivity contribution in [2.75, 3.05) is 0 Å². The fourth-order valence-electron chi connectivity index (χ4n) is 1.48. The van der Waals surface area contributed by atoms with E-state index >= 15 is 0 Å². The first-order valence-corrected chi connectivity index (χ1v) is 6.17. The van der Waals surface area contributed by atoms with Crippen molar-refractivity contribution in [3.05, 3.63) is 63.4 Å². The molecule has 1 aromatic heterocycles. The van der Waals surface area contributed by atoms with Gasteiger partial charge in [-0.2, -0.15) is 0 Å². The Morgan fingerprint density at radius 3 is 2.72 bits per heavy atom. The van der Waals surface area contributed by atoms with Gasteiger partial charge in [-0.05, 0) is 54.3 Å². The Bertz CT molecular complexity index is 614. The molecule has 2 rings (SSSR count). The summed E-state index contributed by atoms with van der Waals surface area (Å²) in [5.74, 6) is -1.88. The lowest BCUT2D eigenvalue weighted by molar-refractivity contribution is 0.104. The SMILES string of the molecule is Cc1ccsc1/C=C/C(=O)c1cc(F)ccc1F. The average Bonchev–Trinajstić information content (AvgIpc) is 2.75. The second kappa shape index (κ2) is 5.23. The maximum atomic E-state index is 13.3. The van der Waals surface area contributed by atoms with Crippen LogP contribution in [0, 0.1) is 18.6 Å². The number of carbonyl (C=O) groups excluding carboxylic acids is 1. The zero-order valence-electron chi connectivity index (χ0n) is 9.61. The number of ketones is 1.